The number of thiazole rings is 1. The van der Waals surface area contributed by atoms with Gasteiger partial charge in [0.25, 0.3) is 0 Å². The van der Waals surface area contributed by atoms with E-state index >= 15 is 0 Å². The topological polar surface area (TPSA) is 56.7 Å². The molecule has 17 heavy (non-hydrogen) atoms. The largest absolute Gasteiger partial charge is 0.477 e. The normalized spacial score (nSPS) is 20.7. The highest BCUT2D eigenvalue weighted by atomic mass is 32.1. The van der Waals surface area contributed by atoms with Crippen LogP contribution in [0.3, 0.4) is 0 Å². The highest BCUT2D eigenvalue weighted by Gasteiger charge is 2.22. The van der Waals surface area contributed by atoms with E-state index in [-0.39, 0.29) is 0 Å². The lowest BCUT2D eigenvalue weighted by molar-refractivity contribution is 0.0702. The maximum Gasteiger partial charge on any atom is 0.347 e. The summed E-state index contributed by atoms with van der Waals surface area (Å²) in [6.07, 6.45) is 2.64. The SMILES string of the molecule is CN1CCC(CN(C)c2ncc(C(=O)O)s2)C1. The maximum absolute atomic E-state index is 10.8. The van der Waals surface area contributed by atoms with Gasteiger partial charge in [-0.1, -0.05) is 11.3 Å². The van der Waals surface area contributed by atoms with Gasteiger partial charge in [-0.25, -0.2) is 9.78 Å². The summed E-state index contributed by atoms with van der Waals surface area (Å²) in [5.41, 5.74) is 0. The number of carbonyl (C=O) groups is 1. The Balaban J connectivity index is 1.94. The summed E-state index contributed by atoms with van der Waals surface area (Å²) >= 11 is 1.23. The van der Waals surface area contributed by atoms with E-state index in [2.05, 4.69) is 21.8 Å². The Hall–Kier alpha value is -1.14. The Morgan fingerprint density at radius 2 is 2.53 bits per heavy atom. The number of aromatic nitrogens is 1. The second kappa shape index (κ2) is 5.01. The first kappa shape index (κ1) is 12.3. The van der Waals surface area contributed by atoms with Crippen molar-refractivity contribution >= 4 is 22.4 Å². The van der Waals surface area contributed by atoms with Crippen LogP contribution in [0.1, 0.15) is 16.1 Å². The van der Waals surface area contributed by atoms with E-state index in [1.807, 2.05) is 7.05 Å². The van der Waals surface area contributed by atoms with Crippen LogP contribution in [0.5, 0.6) is 0 Å². The van der Waals surface area contributed by atoms with Gasteiger partial charge in [-0.05, 0) is 25.9 Å². The van der Waals surface area contributed by atoms with Gasteiger partial charge in [-0.2, -0.15) is 0 Å². The molecule has 2 rings (SSSR count). The fourth-order valence-electron chi connectivity index (χ4n) is 2.18. The van der Waals surface area contributed by atoms with Gasteiger partial charge >= 0.3 is 5.97 Å². The number of carboxylic acids is 1. The summed E-state index contributed by atoms with van der Waals surface area (Å²) < 4.78 is 0. The molecule has 1 unspecified atom stereocenters. The average molecular weight is 255 g/mol. The Morgan fingerprint density at radius 3 is 3.06 bits per heavy atom. The molecule has 1 aromatic rings. The predicted octanol–water partition coefficient (Wildman–Crippen LogP) is 1.23. The van der Waals surface area contributed by atoms with Crippen molar-refractivity contribution in [1.29, 1.82) is 0 Å². The fraction of sp³-hybridized carbons (Fsp3) is 0.636. The van der Waals surface area contributed by atoms with E-state index in [1.54, 1.807) is 0 Å². The first-order chi connectivity index (χ1) is 8.06. The number of nitrogens with zero attached hydrogens (tertiary/aromatic N) is 3. The third kappa shape index (κ3) is 2.95. The van der Waals surface area contributed by atoms with Crippen molar-refractivity contribution in [3.63, 3.8) is 0 Å². The summed E-state index contributed by atoms with van der Waals surface area (Å²) in [5.74, 6) is -0.245. The quantitative estimate of drug-likeness (QED) is 0.877. The van der Waals surface area contributed by atoms with E-state index < -0.39 is 5.97 Å². The standard InChI is InChI=1S/C11H17N3O2S/c1-13-4-3-8(6-13)7-14(2)11-12-5-9(17-11)10(15)16/h5,8H,3-4,6-7H2,1-2H3,(H,15,16). The van der Waals surface area contributed by atoms with Crippen LogP contribution < -0.4 is 4.90 Å². The Bertz CT molecular complexity index is 407. The second-order valence-corrected chi connectivity index (χ2v) is 5.62. The molecular weight excluding hydrogens is 238 g/mol. The Labute approximate surface area is 105 Å². The molecule has 1 N–H and O–H groups in total. The number of aromatic carboxylic acids is 1. The molecule has 1 aliphatic rings. The van der Waals surface area contributed by atoms with Crippen LogP contribution in [0.4, 0.5) is 5.13 Å². The number of carboxylic acid groups (broad SMARTS) is 1. The van der Waals surface area contributed by atoms with Crippen molar-refractivity contribution in [3.8, 4) is 0 Å². The lowest BCUT2D eigenvalue weighted by Gasteiger charge is -2.20. The lowest BCUT2D eigenvalue weighted by atomic mass is 10.1. The fourth-order valence-corrected chi connectivity index (χ4v) is 2.91. The first-order valence-electron chi connectivity index (χ1n) is 5.65. The van der Waals surface area contributed by atoms with Crippen molar-refractivity contribution < 1.29 is 9.90 Å². The van der Waals surface area contributed by atoms with Crippen LogP contribution in [0.2, 0.25) is 0 Å². The molecule has 1 atom stereocenters. The first-order valence-corrected chi connectivity index (χ1v) is 6.46. The average Bonchev–Trinajstić information content (AvgIpc) is 2.86. The zero-order valence-corrected chi connectivity index (χ0v) is 10.9. The van der Waals surface area contributed by atoms with Crippen molar-refractivity contribution in [2.75, 3.05) is 38.6 Å². The highest BCUT2D eigenvalue weighted by Crippen LogP contribution is 2.24. The number of anilines is 1. The van der Waals surface area contributed by atoms with E-state index in [1.165, 1.54) is 24.0 Å². The van der Waals surface area contributed by atoms with Crippen LogP contribution >= 0.6 is 11.3 Å². The predicted molar refractivity (Wildman–Crippen MR) is 67.9 cm³/mol. The zero-order chi connectivity index (χ0) is 12.4. The van der Waals surface area contributed by atoms with Crippen molar-refractivity contribution in [1.82, 2.24) is 9.88 Å². The summed E-state index contributed by atoms with van der Waals surface area (Å²) in [5, 5.41) is 9.63. The van der Waals surface area contributed by atoms with E-state index in [0.29, 0.717) is 10.8 Å². The third-order valence-electron chi connectivity index (χ3n) is 3.05. The molecule has 0 saturated carbocycles. The maximum atomic E-state index is 10.8. The Morgan fingerprint density at radius 1 is 1.76 bits per heavy atom. The molecule has 1 saturated heterocycles. The summed E-state index contributed by atoms with van der Waals surface area (Å²) in [6.45, 7) is 3.20. The van der Waals surface area contributed by atoms with Crippen LogP contribution in [0.15, 0.2) is 6.20 Å². The summed E-state index contributed by atoms with van der Waals surface area (Å²) in [7, 11) is 4.11. The van der Waals surface area contributed by atoms with E-state index in [0.717, 1.165) is 24.8 Å². The lowest BCUT2D eigenvalue weighted by Crippen LogP contribution is -2.27. The molecule has 1 aromatic heterocycles. The zero-order valence-electron chi connectivity index (χ0n) is 10.1. The molecule has 0 bridgehead atoms. The molecule has 0 aromatic carbocycles. The van der Waals surface area contributed by atoms with Crippen LogP contribution in [-0.2, 0) is 0 Å². The van der Waals surface area contributed by atoms with Gasteiger partial charge in [0.1, 0.15) is 4.88 Å². The molecule has 0 spiro atoms. The van der Waals surface area contributed by atoms with Gasteiger partial charge in [0.05, 0.1) is 6.20 Å². The monoisotopic (exact) mass is 255 g/mol. The summed E-state index contributed by atoms with van der Waals surface area (Å²) in [6, 6.07) is 0. The third-order valence-corrected chi connectivity index (χ3v) is 4.15. The molecule has 0 radical (unpaired) electrons. The molecule has 6 heteroatoms. The molecule has 0 aliphatic carbocycles. The Kier molecular flexibility index (Phi) is 3.63. The van der Waals surface area contributed by atoms with Crippen molar-refractivity contribution in [2.45, 2.75) is 6.42 Å². The molecule has 94 valence electrons. The van der Waals surface area contributed by atoms with E-state index in [9.17, 15) is 4.79 Å². The summed E-state index contributed by atoms with van der Waals surface area (Å²) in [4.78, 5) is 19.6. The highest BCUT2D eigenvalue weighted by molar-refractivity contribution is 7.17. The number of hydrogen-bond acceptors (Lipinski definition) is 5. The molecule has 1 fully saturated rings. The van der Waals surface area contributed by atoms with Crippen LogP contribution in [-0.4, -0.2) is 54.7 Å². The van der Waals surface area contributed by atoms with Crippen molar-refractivity contribution in [2.24, 2.45) is 5.92 Å². The molecule has 2 heterocycles. The second-order valence-electron chi connectivity index (χ2n) is 4.61. The minimum absolute atomic E-state index is 0.301. The number of likely N-dealkylation sites (tertiary alicyclic amines) is 1. The molecule has 1 aliphatic heterocycles. The van der Waals surface area contributed by atoms with Crippen LogP contribution in [0.25, 0.3) is 0 Å². The van der Waals surface area contributed by atoms with Gasteiger partial charge in [0.15, 0.2) is 5.13 Å². The van der Waals surface area contributed by atoms with Gasteiger partial charge < -0.3 is 14.9 Å². The number of rotatable bonds is 4. The minimum Gasteiger partial charge on any atom is -0.477 e. The van der Waals surface area contributed by atoms with Gasteiger partial charge in [-0.3, -0.25) is 0 Å². The smallest absolute Gasteiger partial charge is 0.347 e. The van der Waals surface area contributed by atoms with Gasteiger partial charge in [0.2, 0.25) is 0 Å². The molecule has 0 amide bonds. The minimum atomic E-state index is -0.900. The van der Waals surface area contributed by atoms with E-state index in [4.69, 9.17) is 5.11 Å². The number of hydrogen-bond donors (Lipinski definition) is 1. The van der Waals surface area contributed by atoms with Gasteiger partial charge in [-0.15, -0.1) is 0 Å². The van der Waals surface area contributed by atoms with Crippen molar-refractivity contribution in [3.05, 3.63) is 11.1 Å². The van der Waals surface area contributed by atoms with Gasteiger partial charge in [0, 0.05) is 20.1 Å². The molecular formula is C11H17N3O2S. The van der Waals surface area contributed by atoms with Crippen LogP contribution in [0, 0.1) is 5.92 Å². The molecule has 5 nitrogen and oxygen atoms in total.